The topological polar surface area (TPSA) is 29.9 Å². The van der Waals surface area contributed by atoms with E-state index in [1.54, 1.807) is 0 Å². The van der Waals surface area contributed by atoms with Gasteiger partial charge in [0.25, 0.3) is 0 Å². The Morgan fingerprint density at radius 2 is 2.18 bits per heavy atom. The van der Waals surface area contributed by atoms with Crippen molar-refractivity contribution in [1.29, 1.82) is 0 Å². The summed E-state index contributed by atoms with van der Waals surface area (Å²) >= 11 is 6.05. The van der Waals surface area contributed by atoms with Crippen molar-refractivity contribution in [3.63, 3.8) is 0 Å². The minimum Gasteiger partial charge on any atom is -0.313 e. The van der Waals surface area contributed by atoms with Gasteiger partial charge in [-0.15, -0.1) is 0 Å². The molecule has 17 heavy (non-hydrogen) atoms. The number of aromatic nitrogens is 2. The molecule has 1 heterocycles. The number of nitrogens with zero attached hydrogens (tertiary/aromatic N) is 2. The van der Waals surface area contributed by atoms with E-state index in [1.165, 1.54) is 5.56 Å². The van der Waals surface area contributed by atoms with Crippen LogP contribution < -0.4 is 5.32 Å². The van der Waals surface area contributed by atoms with E-state index in [9.17, 15) is 0 Å². The average Bonchev–Trinajstić information content (AvgIpc) is 2.74. The molecule has 0 atom stereocenters. The Morgan fingerprint density at radius 3 is 2.82 bits per heavy atom. The van der Waals surface area contributed by atoms with Crippen LogP contribution in [-0.4, -0.2) is 16.3 Å². The van der Waals surface area contributed by atoms with Crippen molar-refractivity contribution >= 4 is 11.6 Å². The van der Waals surface area contributed by atoms with Gasteiger partial charge in [0.15, 0.2) is 0 Å². The molecular formula is C13H16ClN3. The minimum absolute atomic E-state index is 0.730. The Labute approximate surface area is 106 Å². The molecule has 0 aliphatic carbocycles. The highest BCUT2D eigenvalue weighted by Crippen LogP contribution is 2.19. The maximum atomic E-state index is 6.05. The second-order valence-electron chi connectivity index (χ2n) is 3.96. The van der Waals surface area contributed by atoms with Crippen molar-refractivity contribution in [3.05, 3.63) is 46.7 Å². The van der Waals surface area contributed by atoms with Crippen LogP contribution in [0.5, 0.6) is 0 Å². The third kappa shape index (κ3) is 2.87. The molecule has 0 amide bonds. The summed E-state index contributed by atoms with van der Waals surface area (Å²) in [6, 6.07) is 7.88. The Morgan fingerprint density at radius 1 is 1.35 bits per heavy atom. The lowest BCUT2D eigenvalue weighted by Gasteiger charge is -2.10. The van der Waals surface area contributed by atoms with Gasteiger partial charge in [-0.05, 0) is 37.2 Å². The summed E-state index contributed by atoms with van der Waals surface area (Å²) in [4.78, 5) is 0. The SMILES string of the molecule is CCNCc1ccc(Cl)cc1-n1ccc(C)n1. The molecule has 4 heteroatoms. The fourth-order valence-corrected chi connectivity index (χ4v) is 1.88. The van der Waals surface area contributed by atoms with Crippen LogP contribution in [0.3, 0.4) is 0 Å². The van der Waals surface area contributed by atoms with Gasteiger partial charge in [0.1, 0.15) is 0 Å². The number of halogens is 1. The molecule has 1 N–H and O–H groups in total. The largest absolute Gasteiger partial charge is 0.313 e. The highest BCUT2D eigenvalue weighted by molar-refractivity contribution is 6.30. The van der Waals surface area contributed by atoms with Crippen molar-refractivity contribution in [2.45, 2.75) is 20.4 Å². The van der Waals surface area contributed by atoms with E-state index in [1.807, 2.05) is 42.1 Å². The van der Waals surface area contributed by atoms with Gasteiger partial charge in [0, 0.05) is 17.8 Å². The molecule has 2 aromatic rings. The van der Waals surface area contributed by atoms with Gasteiger partial charge in [0.2, 0.25) is 0 Å². The van der Waals surface area contributed by atoms with E-state index in [0.29, 0.717) is 0 Å². The van der Waals surface area contributed by atoms with Crippen LogP contribution in [0.25, 0.3) is 5.69 Å². The van der Waals surface area contributed by atoms with Gasteiger partial charge in [-0.25, -0.2) is 4.68 Å². The van der Waals surface area contributed by atoms with E-state index >= 15 is 0 Å². The van der Waals surface area contributed by atoms with Crippen molar-refractivity contribution in [3.8, 4) is 5.69 Å². The molecular weight excluding hydrogens is 234 g/mol. The van der Waals surface area contributed by atoms with E-state index in [0.717, 1.165) is 29.5 Å². The average molecular weight is 250 g/mol. The maximum Gasteiger partial charge on any atom is 0.0705 e. The van der Waals surface area contributed by atoms with Crippen LogP contribution in [0.2, 0.25) is 5.02 Å². The number of aryl methyl sites for hydroxylation is 1. The zero-order chi connectivity index (χ0) is 12.3. The Hall–Kier alpha value is -1.32. The first-order valence-corrected chi connectivity index (χ1v) is 6.10. The van der Waals surface area contributed by atoms with E-state index in [4.69, 9.17) is 11.6 Å². The second kappa shape index (κ2) is 5.34. The molecule has 0 spiro atoms. The standard InChI is InChI=1S/C13H16ClN3/c1-3-15-9-11-4-5-12(14)8-13(11)17-7-6-10(2)16-17/h4-8,15H,3,9H2,1-2H3. The lowest BCUT2D eigenvalue weighted by atomic mass is 10.2. The smallest absolute Gasteiger partial charge is 0.0705 e. The Kier molecular flexibility index (Phi) is 3.82. The lowest BCUT2D eigenvalue weighted by Crippen LogP contribution is -2.14. The fraction of sp³-hybridized carbons (Fsp3) is 0.308. The molecule has 0 fully saturated rings. The summed E-state index contributed by atoms with van der Waals surface area (Å²) in [6.45, 7) is 5.83. The van der Waals surface area contributed by atoms with Gasteiger partial charge in [-0.2, -0.15) is 5.10 Å². The molecule has 0 aliphatic heterocycles. The zero-order valence-corrected chi connectivity index (χ0v) is 10.8. The maximum absolute atomic E-state index is 6.05. The van der Waals surface area contributed by atoms with Gasteiger partial charge >= 0.3 is 0 Å². The molecule has 0 saturated heterocycles. The highest BCUT2D eigenvalue weighted by Gasteiger charge is 2.06. The minimum atomic E-state index is 0.730. The first-order valence-electron chi connectivity index (χ1n) is 5.72. The molecule has 1 aromatic heterocycles. The number of hydrogen-bond donors (Lipinski definition) is 1. The molecule has 0 bridgehead atoms. The number of hydrogen-bond acceptors (Lipinski definition) is 2. The van der Waals surface area contributed by atoms with Crippen LogP contribution >= 0.6 is 11.6 Å². The van der Waals surface area contributed by atoms with Crippen LogP contribution in [0.1, 0.15) is 18.2 Å². The van der Waals surface area contributed by atoms with Crippen molar-refractivity contribution < 1.29 is 0 Å². The van der Waals surface area contributed by atoms with Gasteiger partial charge in [-0.1, -0.05) is 24.6 Å². The predicted molar refractivity (Wildman–Crippen MR) is 70.7 cm³/mol. The quantitative estimate of drug-likeness (QED) is 0.903. The molecule has 90 valence electrons. The normalized spacial score (nSPS) is 10.8. The van der Waals surface area contributed by atoms with E-state index in [2.05, 4.69) is 17.3 Å². The predicted octanol–water partition coefficient (Wildman–Crippen LogP) is 2.94. The lowest BCUT2D eigenvalue weighted by molar-refractivity contribution is 0.716. The van der Waals surface area contributed by atoms with Crippen molar-refractivity contribution in [2.75, 3.05) is 6.54 Å². The molecule has 0 radical (unpaired) electrons. The van der Waals surface area contributed by atoms with Crippen LogP contribution in [-0.2, 0) is 6.54 Å². The van der Waals surface area contributed by atoms with Crippen molar-refractivity contribution in [2.24, 2.45) is 0 Å². The number of nitrogens with one attached hydrogen (secondary N) is 1. The highest BCUT2D eigenvalue weighted by atomic mass is 35.5. The monoisotopic (exact) mass is 249 g/mol. The summed E-state index contributed by atoms with van der Waals surface area (Å²) in [5.74, 6) is 0. The van der Waals surface area contributed by atoms with Crippen LogP contribution in [0.15, 0.2) is 30.5 Å². The van der Waals surface area contributed by atoms with Gasteiger partial charge in [0.05, 0.1) is 11.4 Å². The molecule has 0 unspecified atom stereocenters. The molecule has 3 nitrogen and oxygen atoms in total. The zero-order valence-electron chi connectivity index (χ0n) is 10.1. The Bertz CT molecular complexity index is 505. The first-order chi connectivity index (χ1) is 8.20. The molecule has 1 aromatic carbocycles. The summed E-state index contributed by atoms with van der Waals surface area (Å²) in [5, 5.41) is 8.47. The van der Waals surface area contributed by atoms with Crippen LogP contribution in [0, 0.1) is 6.92 Å². The second-order valence-corrected chi connectivity index (χ2v) is 4.39. The Balaban J connectivity index is 2.39. The van der Waals surface area contributed by atoms with Gasteiger partial charge < -0.3 is 5.32 Å². The number of benzene rings is 1. The van der Waals surface area contributed by atoms with E-state index in [-0.39, 0.29) is 0 Å². The first kappa shape index (κ1) is 12.1. The third-order valence-corrected chi connectivity index (χ3v) is 2.82. The summed E-state index contributed by atoms with van der Waals surface area (Å²) < 4.78 is 1.87. The molecule has 0 saturated carbocycles. The molecule has 0 aliphatic rings. The summed E-state index contributed by atoms with van der Waals surface area (Å²) in [7, 11) is 0. The fourth-order valence-electron chi connectivity index (χ4n) is 1.71. The van der Waals surface area contributed by atoms with Gasteiger partial charge in [-0.3, -0.25) is 0 Å². The third-order valence-electron chi connectivity index (χ3n) is 2.58. The van der Waals surface area contributed by atoms with E-state index < -0.39 is 0 Å². The van der Waals surface area contributed by atoms with Crippen LogP contribution in [0.4, 0.5) is 0 Å². The number of rotatable bonds is 4. The molecule has 2 rings (SSSR count). The summed E-state index contributed by atoms with van der Waals surface area (Å²) in [5.41, 5.74) is 3.23. The van der Waals surface area contributed by atoms with Crippen molar-refractivity contribution in [1.82, 2.24) is 15.1 Å². The summed E-state index contributed by atoms with van der Waals surface area (Å²) in [6.07, 6.45) is 1.95.